The molecule has 6 heteroatoms. The molecule has 1 aliphatic carbocycles. The molecule has 1 heterocycles. The van der Waals surface area contributed by atoms with Crippen molar-refractivity contribution < 1.29 is 12.8 Å². The van der Waals surface area contributed by atoms with Crippen LogP contribution in [0.3, 0.4) is 0 Å². The number of rotatable bonds is 3. The molecule has 1 aliphatic rings. The average Bonchev–Trinajstić information content (AvgIpc) is 2.54. The molecule has 0 unspecified atom stereocenters. The number of sulfonamides is 1. The number of nitrogens with zero attached hydrogens (tertiary/aromatic N) is 1. The van der Waals surface area contributed by atoms with Crippen LogP contribution >= 0.6 is 0 Å². The summed E-state index contributed by atoms with van der Waals surface area (Å²) in [6.07, 6.45) is 3.93. The van der Waals surface area contributed by atoms with E-state index >= 15 is 0 Å². The molecule has 1 aromatic carbocycles. The molecule has 0 radical (unpaired) electrons. The zero-order chi connectivity index (χ0) is 16.6. The van der Waals surface area contributed by atoms with Crippen molar-refractivity contribution in [2.24, 2.45) is 5.92 Å². The Morgan fingerprint density at radius 1 is 1.09 bits per heavy atom. The molecule has 5 nitrogen and oxygen atoms in total. The van der Waals surface area contributed by atoms with E-state index in [-0.39, 0.29) is 10.9 Å². The smallest absolute Gasteiger partial charge is 0.336 e. The summed E-state index contributed by atoms with van der Waals surface area (Å²) in [6.45, 7) is 2.21. The summed E-state index contributed by atoms with van der Waals surface area (Å²) in [4.78, 5) is 11.4. The van der Waals surface area contributed by atoms with Gasteiger partial charge in [0.25, 0.3) is 0 Å². The van der Waals surface area contributed by atoms with Gasteiger partial charge in [-0.2, -0.15) is 4.31 Å². The summed E-state index contributed by atoms with van der Waals surface area (Å²) in [7, 11) is -1.89. The van der Waals surface area contributed by atoms with E-state index in [1.807, 2.05) is 0 Å². The van der Waals surface area contributed by atoms with Crippen molar-refractivity contribution in [3.8, 4) is 0 Å². The molecule has 1 saturated carbocycles. The molecule has 0 amide bonds. The SMILES string of the molecule is CC1CCC(N(C)S(=O)(=O)c2ccc3oc(=O)ccc3c2)CC1. The molecule has 124 valence electrons. The first-order chi connectivity index (χ1) is 10.9. The molecule has 0 bridgehead atoms. The second-order valence-electron chi connectivity index (χ2n) is 6.39. The predicted octanol–water partition coefficient (Wildman–Crippen LogP) is 2.99. The van der Waals surface area contributed by atoms with Gasteiger partial charge in [0, 0.05) is 24.5 Å². The minimum Gasteiger partial charge on any atom is -0.423 e. The van der Waals surface area contributed by atoms with Crippen LogP contribution in [0.1, 0.15) is 32.6 Å². The van der Waals surface area contributed by atoms with Crippen molar-refractivity contribution in [1.82, 2.24) is 4.31 Å². The molecule has 2 aromatic rings. The molecule has 0 saturated heterocycles. The maximum atomic E-state index is 12.9. The van der Waals surface area contributed by atoms with E-state index in [0.29, 0.717) is 16.9 Å². The van der Waals surface area contributed by atoms with Gasteiger partial charge >= 0.3 is 5.63 Å². The van der Waals surface area contributed by atoms with Crippen LogP contribution in [0.4, 0.5) is 0 Å². The van der Waals surface area contributed by atoms with Crippen molar-refractivity contribution in [1.29, 1.82) is 0 Å². The summed E-state index contributed by atoms with van der Waals surface area (Å²) < 4.78 is 32.3. The van der Waals surface area contributed by atoms with Crippen molar-refractivity contribution in [3.63, 3.8) is 0 Å². The van der Waals surface area contributed by atoms with Crippen molar-refractivity contribution in [2.45, 2.75) is 43.5 Å². The van der Waals surface area contributed by atoms with Crippen LogP contribution in [0.5, 0.6) is 0 Å². The standard InChI is InChI=1S/C17H21NO4S/c1-12-3-6-14(7-4-12)18(2)23(20,21)15-8-9-16-13(11-15)5-10-17(19)22-16/h5,8-12,14H,3-4,6-7H2,1-2H3. The molecule has 0 atom stereocenters. The largest absolute Gasteiger partial charge is 0.423 e. The number of hydrogen-bond acceptors (Lipinski definition) is 4. The van der Waals surface area contributed by atoms with Gasteiger partial charge in [-0.1, -0.05) is 6.92 Å². The lowest BCUT2D eigenvalue weighted by atomic mass is 9.87. The average molecular weight is 335 g/mol. The van der Waals surface area contributed by atoms with Crippen molar-refractivity contribution in [2.75, 3.05) is 7.05 Å². The Morgan fingerprint density at radius 2 is 1.78 bits per heavy atom. The van der Waals surface area contributed by atoms with Gasteiger partial charge < -0.3 is 4.42 Å². The van der Waals surface area contributed by atoms with Gasteiger partial charge in [0.1, 0.15) is 5.58 Å². The number of benzene rings is 1. The lowest BCUT2D eigenvalue weighted by Crippen LogP contribution is -2.39. The van der Waals surface area contributed by atoms with Gasteiger partial charge in [-0.3, -0.25) is 0 Å². The topological polar surface area (TPSA) is 67.6 Å². The Balaban J connectivity index is 1.92. The first-order valence-electron chi connectivity index (χ1n) is 7.90. The van der Waals surface area contributed by atoms with Crippen LogP contribution in [0.25, 0.3) is 11.0 Å². The molecule has 3 rings (SSSR count). The minimum absolute atomic E-state index is 0.0561. The third kappa shape index (κ3) is 3.19. The molecule has 0 aliphatic heterocycles. The predicted molar refractivity (Wildman–Crippen MR) is 88.9 cm³/mol. The number of hydrogen-bond donors (Lipinski definition) is 0. The van der Waals surface area contributed by atoms with E-state index in [4.69, 9.17) is 4.42 Å². The van der Waals surface area contributed by atoms with Crippen LogP contribution in [0, 0.1) is 5.92 Å². The lowest BCUT2D eigenvalue weighted by molar-refractivity contribution is 0.246. The Hall–Kier alpha value is -1.66. The molecule has 1 fully saturated rings. The summed E-state index contributed by atoms with van der Waals surface area (Å²) in [5.41, 5.74) is -0.0489. The van der Waals surface area contributed by atoms with Crippen LogP contribution in [0.15, 0.2) is 44.4 Å². The van der Waals surface area contributed by atoms with E-state index in [2.05, 4.69) is 6.92 Å². The van der Waals surface area contributed by atoms with E-state index in [1.165, 1.54) is 16.4 Å². The van der Waals surface area contributed by atoms with Crippen LogP contribution in [-0.2, 0) is 10.0 Å². The number of fused-ring (bicyclic) bond motifs is 1. The maximum Gasteiger partial charge on any atom is 0.336 e. The van der Waals surface area contributed by atoms with Gasteiger partial charge in [0.15, 0.2) is 0 Å². The van der Waals surface area contributed by atoms with Gasteiger partial charge in [0.2, 0.25) is 10.0 Å². The van der Waals surface area contributed by atoms with E-state index in [0.717, 1.165) is 25.7 Å². The third-order valence-corrected chi connectivity index (χ3v) is 6.67. The highest BCUT2D eigenvalue weighted by Crippen LogP contribution is 2.30. The summed E-state index contributed by atoms with van der Waals surface area (Å²) >= 11 is 0. The third-order valence-electron chi connectivity index (χ3n) is 4.77. The summed E-state index contributed by atoms with van der Waals surface area (Å²) in [6, 6.07) is 7.55. The van der Waals surface area contributed by atoms with E-state index < -0.39 is 15.6 Å². The second-order valence-corrected chi connectivity index (χ2v) is 8.39. The van der Waals surface area contributed by atoms with Crippen LogP contribution < -0.4 is 5.63 Å². The molecular weight excluding hydrogens is 314 g/mol. The Morgan fingerprint density at radius 3 is 2.48 bits per heavy atom. The van der Waals surface area contributed by atoms with Gasteiger partial charge in [-0.05, 0) is 55.9 Å². The molecule has 0 spiro atoms. The molecule has 0 N–H and O–H groups in total. The van der Waals surface area contributed by atoms with Crippen LogP contribution in [0.2, 0.25) is 0 Å². The molecule has 23 heavy (non-hydrogen) atoms. The van der Waals surface area contributed by atoms with Crippen molar-refractivity contribution >= 4 is 21.0 Å². The fourth-order valence-electron chi connectivity index (χ4n) is 3.18. The van der Waals surface area contributed by atoms with Crippen LogP contribution in [-0.4, -0.2) is 25.8 Å². The Labute approximate surface area is 136 Å². The highest BCUT2D eigenvalue weighted by atomic mass is 32.2. The zero-order valence-electron chi connectivity index (χ0n) is 13.4. The zero-order valence-corrected chi connectivity index (χ0v) is 14.2. The molecule has 1 aromatic heterocycles. The monoisotopic (exact) mass is 335 g/mol. The first kappa shape index (κ1) is 16.2. The van der Waals surface area contributed by atoms with Gasteiger partial charge in [-0.15, -0.1) is 0 Å². The fraction of sp³-hybridized carbons (Fsp3) is 0.471. The van der Waals surface area contributed by atoms with Crippen molar-refractivity contribution in [3.05, 3.63) is 40.8 Å². The van der Waals surface area contributed by atoms with Gasteiger partial charge in [0.05, 0.1) is 4.90 Å². The Bertz CT molecular complexity index is 864. The summed E-state index contributed by atoms with van der Waals surface area (Å²) in [5, 5.41) is 0.608. The van der Waals surface area contributed by atoms with Gasteiger partial charge in [-0.25, -0.2) is 13.2 Å². The Kier molecular flexibility index (Phi) is 4.29. The highest BCUT2D eigenvalue weighted by molar-refractivity contribution is 7.89. The molecular formula is C17H21NO4S. The highest BCUT2D eigenvalue weighted by Gasteiger charge is 2.30. The normalized spacial score (nSPS) is 22.6. The maximum absolute atomic E-state index is 12.9. The first-order valence-corrected chi connectivity index (χ1v) is 9.34. The lowest BCUT2D eigenvalue weighted by Gasteiger charge is -2.32. The minimum atomic E-state index is -3.54. The fourth-order valence-corrected chi connectivity index (χ4v) is 4.63. The quantitative estimate of drug-likeness (QED) is 0.809. The van der Waals surface area contributed by atoms with E-state index in [1.54, 1.807) is 25.2 Å². The summed E-state index contributed by atoms with van der Waals surface area (Å²) in [5.74, 6) is 0.672. The van der Waals surface area contributed by atoms with E-state index in [9.17, 15) is 13.2 Å². The second kappa shape index (κ2) is 6.09.